The number of nitrogens with one attached hydrogen (secondary N) is 2. The van der Waals surface area contributed by atoms with E-state index < -0.39 is 29.9 Å². The quantitative estimate of drug-likeness (QED) is 0.426. The fourth-order valence-corrected chi connectivity index (χ4v) is 6.13. The van der Waals surface area contributed by atoms with Crippen LogP contribution in [0.4, 0.5) is 8.78 Å². The molecule has 2 saturated heterocycles. The highest BCUT2D eigenvalue weighted by Crippen LogP contribution is 2.31. The normalized spacial score (nSPS) is 26.7. The molecule has 4 heterocycles. The molecule has 0 aliphatic carbocycles. The van der Waals surface area contributed by atoms with E-state index in [4.69, 9.17) is 9.47 Å². The number of nitrogens with zero attached hydrogens (tertiary/aromatic N) is 3. The van der Waals surface area contributed by atoms with Crippen molar-refractivity contribution in [2.75, 3.05) is 19.7 Å². The molecule has 4 bridgehead atoms. The van der Waals surface area contributed by atoms with Crippen molar-refractivity contribution in [3.05, 3.63) is 71.8 Å². The fourth-order valence-electron chi connectivity index (χ4n) is 6.13. The Labute approximate surface area is 248 Å². The molecule has 43 heavy (non-hydrogen) atoms. The first-order valence-corrected chi connectivity index (χ1v) is 14.6. The molecule has 3 aliphatic heterocycles. The monoisotopic (exact) mass is 595 g/mol. The van der Waals surface area contributed by atoms with E-state index >= 15 is 0 Å². The largest absolute Gasteiger partial charge is 0.493 e. The Balaban J connectivity index is 1.31. The summed E-state index contributed by atoms with van der Waals surface area (Å²) in [6, 6.07) is 7.22. The van der Waals surface area contributed by atoms with Gasteiger partial charge in [0.05, 0.1) is 37.0 Å². The highest BCUT2D eigenvalue weighted by molar-refractivity contribution is 5.98. The molecule has 228 valence electrons. The van der Waals surface area contributed by atoms with Crippen LogP contribution in [0.5, 0.6) is 5.75 Å². The molecule has 3 aromatic rings. The van der Waals surface area contributed by atoms with Crippen LogP contribution in [-0.2, 0) is 23.1 Å². The van der Waals surface area contributed by atoms with Crippen LogP contribution in [0.25, 0.3) is 11.1 Å². The third kappa shape index (κ3) is 6.41. The highest BCUT2D eigenvalue weighted by Gasteiger charge is 2.39. The van der Waals surface area contributed by atoms with Gasteiger partial charge in [-0.1, -0.05) is 6.07 Å². The molecule has 2 aromatic carbocycles. The predicted molar refractivity (Wildman–Crippen MR) is 152 cm³/mol. The zero-order valence-corrected chi connectivity index (χ0v) is 23.8. The number of halogens is 2. The van der Waals surface area contributed by atoms with Crippen LogP contribution in [0, 0.1) is 11.6 Å². The molecule has 5 atom stereocenters. The molecule has 3 aliphatic rings. The van der Waals surface area contributed by atoms with Crippen LogP contribution >= 0.6 is 0 Å². The van der Waals surface area contributed by atoms with E-state index in [1.165, 1.54) is 12.1 Å². The lowest BCUT2D eigenvalue weighted by Crippen LogP contribution is -2.50. The minimum Gasteiger partial charge on any atom is -0.493 e. The summed E-state index contributed by atoms with van der Waals surface area (Å²) in [5, 5.41) is 16.6. The van der Waals surface area contributed by atoms with E-state index in [0.717, 1.165) is 11.9 Å². The molecule has 1 aromatic heterocycles. The molecule has 0 radical (unpaired) electrons. The number of hydrogen-bond donors (Lipinski definition) is 3. The third-order valence-corrected chi connectivity index (χ3v) is 8.53. The number of amides is 2. The van der Waals surface area contributed by atoms with Crippen LogP contribution in [-0.4, -0.2) is 81.5 Å². The number of carbonyl (C=O) groups excluding carboxylic acids is 2. The first kappa shape index (κ1) is 29.2. The number of hydrogen-bond acceptors (Lipinski definition) is 7. The molecule has 12 heteroatoms. The number of ether oxygens (including phenoxy) is 2. The number of benzene rings is 2. The molecule has 2 amide bonds. The SMILES string of the molecule is Cn1ccnc1CN1C[C@@H]2C[C@H]1C(=O)NC[C@H]1O[C@H](CCOc3cc(-c4ccc(F)cc4F)ccc3C(=O)N2)CC[C@@H]1O. The number of aliphatic hydroxyl groups is 1. The molecule has 6 rings (SSSR count). The first-order valence-electron chi connectivity index (χ1n) is 14.6. The van der Waals surface area contributed by atoms with Gasteiger partial charge in [-0.05, 0) is 49.1 Å². The van der Waals surface area contributed by atoms with E-state index in [2.05, 4.69) is 15.6 Å². The van der Waals surface area contributed by atoms with Gasteiger partial charge in [0.25, 0.3) is 5.91 Å². The smallest absolute Gasteiger partial charge is 0.255 e. The number of aliphatic hydroxyl groups excluding tert-OH is 1. The van der Waals surface area contributed by atoms with Gasteiger partial charge in [0.2, 0.25) is 5.91 Å². The van der Waals surface area contributed by atoms with Crippen molar-refractivity contribution < 1.29 is 33.0 Å². The zero-order valence-electron chi connectivity index (χ0n) is 23.8. The molecule has 0 saturated carbocycles. The van der Waals surface area contributed by atoms with E-state index in [0.29, 0.717) is 44.3 Å². The van der Waals surface area contributed by atoms with E-state index in [9.17, 15) is 23.5 Å². The second-order valence-electron chi connectivity index (χ2n) is 11.5. The van der Waals surface area contributed by atoms with E-state index in [1.807, 2.05) is 22.7 Å². The summed E-state index contributed by atoms with van der Waals surface area (Å²) in [4.78, 5) is 33.5. The lowest BCUT2D eigenvalue weighted by molar-refractivity contribution is -0.133. The van der Waals surface area contributed by atoms with Gasteiger partial charge in [-0.15, -0.1) is 0 Å². The standard InChI is InChI=1S/C31H35F2N5O5/c1-37-10-9-34-29(37)17-38-16-20-14-25(38)31(41)35-15-28-26(39)7-4-21(43-28)8-11-42-27-12-18(2-5-23(27)30(40)36-20)22-6-3-19(32)13-24(22)33/h2-3,5-6,9-10,12-13,20-21,25-26,28,39H,4,7-8,11,14-17H2,1H3,(H,35,41)(H,36,40)/t20-,21-,25-,26-,28+/m0/s1. The van der Waals surface area contributed by atoms with Crippen molar-refractivity contribution in [2.45, 2.75) is 62.6 Å². The van der Waals surface area contributed by atoms with Crippen LogP contribution in [0.15, 0.2) is 48.8 Å². The van der Waals surface area contributed by atoms with Crippen molar-refractivity contribution in [3.63, 3.8) is 0 Å². The van der Waals surface area contributed by atoms with Crippen LogP contribution in [0.3, 0.4) is 0 Å². The molecular weight excluding hydrogens is 560 g/mol. The summed E-state index contributed by atoms with van der Waals surface area (Å²) in [6.07, 6.45) is 4.04. The number of rotatable bonds is 3. The topological polar surface area (TPSA) is 118 Å². The number of aromatic nitrogens is 2. The maximum atomic E-state index is 14.6. The zero-order chi connectivity index (χ0) is 30.1. The van der Waals surface area contributed by atoms with Crippen molar-refractivity contribution in [1.82, 2.24) is 25.1 Å². The first-order chi connectivity index (χ1) is 20.7. The molecular formula is C31H35F2N5O5. The molecule has 2 fully saturated rings. The Morgan fingerprint density at radius 1 is 1.09 bits per heavy atom. The molecule has 0 spiro atoms. The third-order valence-electron chi connectivity index (χ3n) is 8.53. The van der Waals surface area contributed by atoms with Gasteiger partial charge < -0.3 is 29.8 Å². The average Bonchev–Trinajstić information content (AvgIpc) is 3.57. The minimum absolute atomic E-state index is 0.163. The number of carbonyl (C=O) groups is 2. The Morgan fingerprint density at radius 2 is 1.93 bits per heavy atom. The maximum Gasteiger partial charge on any atom is 0.255 e. The molecule has 3 N–H and O–H groups in total. The van der Waals surface area contributed by atoms with Crippen LogP contribution in [0.1, 0.15) is 41.9 Å². The van der Waals surface area contributed by atoms with E-state index in [1.54, 1.807) is 24.4 Å². The van der Waals surface area contributed by atoms with E-state index in [-0.39, 0.29) is 54.0 Å². The minimum atomic E-state index is -0.721. The van der Waals surface area contributed by atoms with Gasteiger partial charge in [-0.2, -0.15) is 0 Å². The Bertz CT molecular complexity index is 1500. The number of aryl methyl sites for hydroxylation is 1. The van der Waals surface area contributed by atoms with Crippen molar-refractivity contribution >= 4 is 11.8 Å². The second kappa shape index (κ2) is 12.4. The summed E-state index contributed by atoms with van der Waals surface area (Å²) in [6.45, 7) is 1.19. The maximum absolute atomic E-state index is 14.6. The van der Waals surface area contributed by atoms with Crippen molar-refractivity contribution in [1.29, 1.82) is 0 Å². The lowest BCUT2D eigenvalue weighted by Gasteiger charge is -2.34. The fraction of sp³-hybridized carbons (Fsp3) is 0.452. The van der Waals surface area contributed by atoms with Gasteiger partial charge in [0.15, 0.2) is 0 Å². The molecule has 0 unspecified atom stereocenters. The Hall–Kier alpha value is -3.87. The summed E-state index contributed by atoms with van der Waals surface area (Å²) in [5.74, 6) is -0.947. The number of imidazole rings is 1. The molecule has 10 nitrogen and oxygen atoms in total. The van der Waals surface area contributed by atoms with Gasteiger partial charge in [-0.25, -0.2) is 13.8 Å². The summed E-state index contributed by atoms with van der Waals surface area (Å²) < 4.78 is 42.3. The van der Waals surface area contributed by atoms with Crippen LogP contribution < -0.4 is 15.4 Å². The van der Waals surface area contributed by atoms with Gasteiger partial charge in [0.1, 0.15) is 29.3 Å². The predicted octanol–water partition coefficient (Wildman–Crippen LogP) is 2.55. The Kier molecular flexibility index (Phi) is 8.42. The summed E-state index contributed by atoms with van der Waals surface area (Å²) >= 11 is 0. The Morgan fingerprint density at radius 3 is 2.72 bits per heavy atom. The van der Waals surface area contributed by atoms with Gasteiger partial charge in [-0.3, -0.25) is 14.5 Å². The highest BCUT2D eigenvalue weighted by atomic mass is 19.1. The van der Waals surface area contributed by atoms with Crippen LogP contribution in [0.2, 0.25) is 0 Å². The summed E-state index contributed by atoms with van der Waals surface area (Å²) in [7, 11) is 1.88. The van der Waals surface area contributed by atoms with Crippen molar-refractivity contribution in [3.8, 4) is 16.9 Å². The van der Waals surface area contributed by atoms with Crippen molar-refractivity contribution in [2.24, 2.45) is 7.05 Å². The van der Waals surface area contributed by atoms with Gasteiger partial charge in [0, 0.05) is 56.6 Å². The lowest BCUT2D eigenvalue weighted by atomic mass is 9.99. The van der Waals surface area contributed by atoms with Gasteiger partial charge >= 0.3 is 0 Å². The second-order valence-corrected chi connectivity index (χ2v) is 11.5. The number of likely N-dealkylation sites (tertiary alicyclic amines) is 1. The average molecular weight is 596 g/mol. The number of fused-ring (bicyclic) bond motifs is 5. The summed E-state index contributed by atoms with van der Waals surface area (Å²) in [5.41, 5.74) is 0.886.